The summed E-state index contributed by atoms with van der Waals surface area (Å²) in [6.07, 6.45) is 9.66. The molecule has 106 valence electrons. The molecular formula is C15H30N2O. The Morgan fingerprint density at radius 2 is 2.00 bits per heavy atom. The maximum absolute atomic E-state index is 5.63. The molecule has 3 nitrogen and oxygen atoms in total. The van der Waals surface area contributed by atoms with Gasteiger partial charge in [0.2, 0.25) is 0 Å². The van der Waals surface area contributed by atoms with Crippen molar-refractivity contribution in [1.29, 1.82) is 0 Å². The summed E-state index contributed by atoms with van der Waals surface area (Å²) in [6, 6.07) is 1.43. The van der Waals surface area contributed by atoms with E-state index in [4.69, 9.17) is 4.74 Å². The van der Waals surface area contributed by atoms with Crippen LogP contribution in [0.5, 0.6) is 0 Å². The third kappa shape index (κ3) is 5.25. The number of nitrogens with zero attached hydrogens (tertiary/aromatic N) is 1. The van der Waals surface area contributed by atoms with Crippen LogP contribution in [-0.4, -0.2) is 49.8 Å². The number of ether oxygens (including phenoxy) is 1. The molecule has 0 amide bonds. The fraction of sp³-hybridized carbons (Fsp3) is 1.00. The Bertz CT molecular complexity index is 219. The highest BCUT2D eigenvalue weighted by molar-refractivity contribution is 4.85. The Labute approximate surface area is 112 Å². The van der Waals surface area contributed by atoms with Gasteiger partial charge in [-0.25, -0.2) is 0 Å². The molecule has 0 aromatic heterocycles. The van der Waals surface area contributed by atoms with Crippen LogP contribution in [0, 0.1) is 0 Å². The second-order valence-corrected chi connectivity index (χ2v) is 5.86. The second kappa shape index (κ2) is 8.13. The largest absolute Gasteiger partial charge is 0.378 e. The van der Waals surface area contributed by atoms with Crippen molar-refractivity contribution in [3.8, 4) is 0 Å². The summed E-state index contributed by atoms with van der Waals surface area (Å²) < 4.78 is 5.63. The first-order valence-corrected chi connectivity index (χ1v) is 7.95. The van der Waals surface area contributed by atoms with E-state index in [1.165, 1.54) is 51.5 Å². The van der Waals surface area contributed by atoms with Gasteiger partial charge in [-0.15, -0.1) is 0 Å². The van der Waals surface area contributed by atoms with Gasteiger partial charge >= 0.3 is 0 Å². The Hall–Kier alpha value is -0.120. The van der Waals surface area contributed by atoms with Gasteiger partial charge in [-0.1, -0.05) is 32.6 Å². The topological polar surface area (TPSA) is 24.5 Å². The van der Waals surface area contributed by atoms with Crippen molar-refractivity contribution in [1.82, 2.24) is 10.2 Å². The van der Waals surface area contributed by atoms with Crippen LogP contribution in [0.3, 0.4) is 0 Å². The SMILES string of the molecule is CCCCCCCN1CCOCC1CNC1CC1. The van der Waals surface area contributed by atoms with Crippen LogP contribution in [-0.2, 0) is 4.74 Å². The van der Waals surface area contributed by atoms with E-state index in [0.717, 1.165) is 32.3 Å². The van der Waals surface area contributed by atoms with Gasteiger partial charge in [-0.3, -0.25) is 4.90 Å². The number of rotatable bonds is 9. The van der Waals surface area contributed by atoms with Crippen molar-refractivity contribution in [2.45, 2.75) is 64.0 Å². The summed E-state index contributed by atoms with van der Waals surface area (Å²) in [5.74, 6) is 0. The lowest BCUT2D eigenvalue weighted by Gasteiger charge is -2.35. The third-order valence-electron chi connectivity index (χ3n) is 4.12. The normalized spacial score (nSPS) is 25.5. The Kier molecular flexibility index (Phi) is 6.46. The van der Waals surface area contributed by atoms with Gasteiger partial charge in [0.1, 0.15) is 0 Å². The number of hydrogen-bond donors (Lipinski definition) is 1. The molecule has 0 aromatic carbocycles. The fourth-order valence-electron chi connectivity index (χ4n) is 2.68. The molecule has 0 aromatic rings. The van der Waals surface area contributed by atoms with Crippen LogP contribution in [0.4, 0.5) is 0 Å². The number of morpholine rings is 1. The number of hydrogen-bond acceptors (Lipinski definition) is 3. The molecule has 2 rings (SSSR count). The maximum atomic E-state index is 5.63. The van der Waals surface area contributed by atoms with Crippen LogP contribution < -0.4 is 5.32 Å². The molecule has 18 heavy (non-hydrogen) atoms. The van der Waals surface area contributed by atoms with Crippen molar-refractivity contribution >= 4 is 0 Å². The molecule has 1 aliphatic carbocycles. The van der Waals surface area contributed by atoms with Crippen LogP contribution in [0.25, 0.3) is 0 Å². The van der Waals surface area contributed by atoms with E-state index in [9.17, 15) is 0 Å². The van der Waals surface area contributed by atoms with Crippen LogP contribution in [0.1, 0.15) is 51.9 Å². The van der Waals surface area contributed by atoms with Gasteiger partial charge < -0.3 is 10.1 Å². The molecule has 1 heterocycles. The molecule has 1 N–H and O–H groups in total. The highest BCUT2D eigenvalue weighted by Gasteiger charge is 2.26. The van der Waals surface area contributed by atoms with E-state index in [2.05, 4.69) is 17.1 Å². The van der Waals surface area contributed by atoms with Crippen molar-refractivity contribution in [3.05, 3.63) is 0 Å². The van der Waals surface area contributed by atoms with Crippen LogP contribution in [0.15, 0.2) is 0 Å². The van der Waals surface area contributed by atoms with Crippen molar-refractivity contribution in [2.24, 2.45) is 0 Å². The predicted molar refractivity (Wildman–Crippen MR) is 76.0 cm³/mol. The number of nitrogens with one attached hydrogen (secondary N) is 1. The van der Waals surface area contributed by atoms with Gasteiger partial charge in [-0.2, -0.15) is 0 Å². The zero-order chi connectivity index (χ0) is 12.6. The van der Waals surface area contributed by atoms with Gasteiger partial charge in [0.25, 0.3) is 0 Å². The zero-order valence-corrected chi connectivity index (χ0v) is 12.0. The minimum absolute atomic E-state index is 0.616. The summed E-state index contributed by atoms with van der Waals surface area (Å²) in [6.45, 7) is 7.65. The van der Waals surface area contributed by atoms with Crippen LogP contribution in [0.2, 0.25) is 0 Å². The van der Waals surface area contributed by atoms with Gasteiger partial charge in [0.05, 0.1) is 13.2 Å². The molecule has 1 saturated carbocycles. The Morgan fingerprint density at radius 3 is 2.78 bits per heavy atom. The molecule has 0 spiro atoms. The van der Waals surface area contributed by atoms with E-state index >= 15 is 0 Å². The standard InChI is InChI=1S/C15H30N2O/c1-2-3-4-5-6-9-17-10-11-18-13-15(17)12-16-14-7-8-14/h14-16H,2-13H2,1H3. The summed E-state index contributed by atoms with van der Waals surface area (Å²) in [7, 11) is 0. The first kappa shape index (κ1) is 14.3. The molecule has 0 radical (unpaired) electrons. The minimum Gasteiger partial charge on any atom is -0.378 e. The second-order valence-electron chi connectivity index (χ2n) is 5.86. The first-order valence-electron chi connectivity index (χ1n) is 7.95. The van der Waals surface area contributed by atoms with E-state index < -0.39 is 0 Å². The smallest absolute Gasteiger partial charge is 0.0634 e. The quantitative estimate of drug-likeness (QED) is 0.640. The van der Waals surface area contributed by atoms with Crippen molar-refractivity contribution < 1.29 is 4.74 Å². The lowest BCUT2D eigenvalue weighted by molar-refractivity contribution is -0.00753. The highest BCUT2D eigenvalue weighted by Crippen LogP contribution is 2.19. The molecule has 1 saturated heterocycles. The lowest BCUT2D eigenvalue weighted by atomic mass is 10.1. The summed E-state index contributed by atoms with van der Waals surface area (Å²) in [5, 5.41) is 3.65. The molecule has 1 aliphatic heterocycles. The minimum atomic E-state index is 0.616. The van der Waals surface area contributed by atoms with Gasteiger partial charge in [0.15, 0.2) is 0 Å². The van der Waals surface area contributed by atoms with E-state index in [1.54, 1.807) is 0 Å². The zero-order valence-electron chi connectivity index (χ0n) is 12.0. The van der Waals surface area contributed by atoms with E-state index in [1.807, 2.05) is 0 Å². The highest BCUT2D eigenvalue weighted by atomic mass is 16.5. The Morgan fingerprint density at radius 1 is 1.17 bits per heavy atom. The van der Waals surface area contributed by atoms with Crippen LogP contribution >= 0.6 is 0 Å². The monoisotopic (exact) mass is 254 g/mol. The lowest BCUT2D eigenvalue weighted by Crippen LogP contribution is -2.50. The molecular weight excluding hydrogens is 224 g/mol. The maximum Gasteiger partial charge on any atom is 0.0634 e. The first-order chi connectivity index (χ1) is 8.90. The van der Waals surface area contributed by atoms with Gasteiger partial charge in [-0.05, 0) is 25.8 Å². The molecule has 2 aliphatic rings. The van der Waals surface area contributed by atoms with Crippen molar-refractivity contribution in [3.63, 3.8) is 0 Å². The van der Waals surface area contributed by atoms with Gasteiger partial charge in [0, 0.05) is 25.2 Å². The molecule has 3 heteroatoms. The summed E-state index contributed by atoms with van der Waals surface area (Å²) >= 11 is 0. The average Bonchev–Trinajstić information content (AvgIpc) is 3.21. The van der Waals surface area contributed by atoms with E-state index in [0.29, 0.717) is 6.04 Å². The van der Waals surface area contributed by atoms with E-state index in [-0.39, 0.29) is 0 Å². The fourth-order valence-corrected chi connectivity index (χ4v) is 2.68. The van der Waals surface area contributed by atoms with Crippen molar-refractivity contribution in [2.75, 3.05) is 32.8 Å². The molecule has 0 bridgehead atoms. The average molecular weight is 254 g/mol. The third-order valence-corrected chi connectivity index (χ3v) is 4.12. The molecule has 2 fully saturated rings. The summed E-state index contributed by atoms with van der Waals surface area (Å²) in [5.41, 5.74) is 0. The molecule has 1 atom stereocenters. The number of unbranched alkanes of at least 4 members (excludes halogenated alkanes) is 4. The predicted octanol–water partition coefficient (Wildman–Crippen LogP) is 2.41. The molecule has 1 unspecified atom stereocenters. The summed E-state index contributed by atoms with van der Waals surface area (Å²) in [4.78, 5) is 2.64. The Balaban J connectivity index is 1.59.